The average molecular weight is 1760 g/mol. The number of nitrogens with zero attached hydrogens (tertiary/aromatic N) is 3. The summed E-state index contributed by atoms with van der Waals surface area (Å²) < 4.78 is 19.5. The number of rotatable bonds is 16. The lowest BCUT2D eigenvalue weighted by atomic mass is 9.82. The Balaban J connectivity index is 0.000000113. The molecule has 0 saturated heterocycles. The van der Waals surface area contributed by atoms with Gasteiger partial charge in [-0.2, -0.15) is 0 Å². The highest BCUT2D eigenvalue weighted by molar-refractivity contribution is 6.15. The molecule has 26 rings (SSSR count). The van der Waals surface area contributed by atoms with Gasteiger partial charge in [0.15, 0.2) is 0 Å². The van der Waals surface area contributed by atoms with Crippen molar-refractivity contribution in [2.45, 2.75) is 19.3 Å². The summed E-state index contributed by atoms with van der Waals surface area (Å²) in [5, 5.41) is 11.6. The molecule has 648 valence electrons. The van der Waals surface area contributed by atoms with Crippen molar-refractivity contribution < 1.29 is 13.3 Å². The minimum Gasteiger partial charge on any atom is -0.455 e. The third-order valence-corrected chi connectivity index (χ3v) is 27.2. The zero-order valence-electron chi connectivity index (χ0n) is 75.6. The SMILES string of the molecule is CC1(C)c2ccccc2-c2ccc(N(c3ccccc3)c3cc(-c4ccccc4)c4oc5ccccc5c4c3)cc21.c1ccc(-c2ccc(N(c3ccc(-c4ccc5ccccc5c4)cc3)c3cc(-c4ccccc4)c4oc5ccccc5c4c3)cc2)cc1.c1ccc(-c2ccc(N(c3ccc(-c4cccc5ccccc45)cc3)c3cc(-c4ccccc4)c4oc5ccccc5c4c3)cc2)cc1. The summed E-state index contributed by atoms with van der Waals surface area (Å²) in [6, 6.07) is 184. The summed E-state index contributed by atoms with van der Waals surface area (Å²) in [5.74, 6) is 0. The minimum absolute atomic E-state index is 0.0792. The Bertz CT molecular complexity index is 8740. The van der Waals surface area contributed by atoms with Crippen LogP contribution in [0.5, 0.6) is 0 Å². The Morgan fingerprint density at radius 2 is 0.445 bits per heavy atom. The zero-order chi connectivity index (χ0) is 91.3. The summed E-state index contributed by atoms with van der Waals surface area (Å²) in [5.41, 5.74) is 36.7. The van der Waals surface area contributed by atoms with E-state index < -0.39 is 0 Å². The van der Waals surface area contributed by atoms with Crippen LogP contribution in [0, 0.1) is 0 Å². The van der Waals surface area contributed by atoms with Crippen molar-refractivity contribution in [2.24, 2.45) is 0 Å². The van der Waals surface area contributed by atoms with Crippen LogP contribution < -0.4 is 14.7 Å². The minimum atomic E-state index is -0.0792. The van der Waals surface area contributed by atoms with E-state index in [0.717, 1.165) is 150 Å². The van der Waals surface area contributed by atoms with Gasteiger partial charge in [0.2, 0.25) is 0 Å². The van der Waals surface area contributed by atoms with Crippen molar-refractivity contribution in [3.8, 4) is 89.0 Å². The molecule has 0 aliphatic heterocycles. The topological polar surface area (TPSA) is 49.1 Å². The molecule has 1 aliphatic rings. The maximum Gasteiger partial charge on any atom is 0.143 e. The van der Waals surface area contributed by atoms with Crippen molar-refractivity contribution in [2.75, 3.05) is 14.7 Å². The van der Waals surface area contributed by atoms with E-state index >= 15 is 0 Å². The van der Waals surface area contributed by atoms with E-state index in [-0.39, 0.29) is 5.41 Å². The fourth-order valence-electron chi connectivity index (χ4n) is 20.4. The Kier molecular flexibility index (Phi) is 21.2. The zero-order valence-corrected chi connectivity index (χ0v) is 75.6. The average Bonchev–Trinajstić information content (AvgIpc) is 1.55. The van der Waals surface area contributed by atoms with Crippen LogP contribution in [-0.2, 0) is 5.41 Å². The molecule has 0 spiro atoms. The molecule has 0 atom stereocenters. The summed E-state index contributed by atoms with van der Waals surface area (Å²) >= 11 is 0. The molecule has 22 aromatic carbocycles. The van der Waals surface area contributed by atoms with Gasteiger partial charge in [-0.25, -0.2) is 0 Å². The summed E-state index contributed by atoms with van der Waals surface area (Å²) in [6.45, 7) is 4.68. The van der Waals surface area contributed by atoms with Crippen LogP contribution in [-0.4, -0.2) is 0 Å². The molecular formula is C131H91N3O3. The standard InChI is InChI=1S/2C46H31NO.C39H29NO/c1-3-12-32(13-4-1)33-22-26-37(27-23-33)47(38-28-24-36(25-29-38)41-20-11-17-34-16-7-8-18-40(34)41)39-30-43(35-14-5-2-6-15-35)46-44(31-39)42-19-9-10-21-45(42)48-46;1-3-11-32(12-4-1)34-21-25-39(26-22-34)47(40-27-23-35(24-28-40)38-20-19-33-13-7-8-16-37(33)29-38)41-30-43(36-14-5-2-6-15-36)46-44(31-41)42-17-9-10-18-45(42)48-46;1-39(2)35-19-11-9-17-30(35)31-22-21-28(25-36(31)39)40(27-15-7-4-8-16-27)29-23-33(26-13-5-3-6-14-26)38-34(24-29)32-18-10-12-20-37(32)41-38/h2*1-31H;3-25H,1-2H3. The second-order valence-corrected chi connectivity index (χ2v) is 35.8. The van der Waals surface area contributed by atoms with Crippen LogP contribution in [0.3, 0.4) is 0 Å². The van der Waals surface area contributed by atoms with Crippen LogP contribution in [0.25, 0.3) is 176 Å². The smallest absolute Gasteiger partial charge is 0.143 e. The molecule has 1 aliphatic carbocycles. The predicted molar refractivity (Wildman–Crippen MR) is 576 cm³/mol. The maximum absolute atomic E-state index is 6.53. The van der Waals surface area contributed by atoms with Crippen molar-refractivity contribution in [1.82, 2.24) is 0 Å². The monoisotopic (exact) mass is 1750 g/mol. The van der Waals surface area contributed by atoms with Gasteiger partial charge < -0.3 is 28.0 Å². The molecule has 3 aromatic heterocycles. The number of hydrogen-bond donors (Lipinski definition) is 0. The van der Waals surface area contributed by atoms with Crippen LogP contribution in [0.4, 0.5) is 51.2 Å². The fraction of sp³-hybridized carbons (Fsp3) is 0.0229. The highest BCUT2D eigenvalue weighted by atomic mass is 16.3. The molecule has 0 bridgehead atoms. The van der Waals surface area contributed by atoms with E-state index in [1.165, 1.54) is 88.3 Å². The van der Waals surface area contributed by atoms with Gasteiger partial charge in [0.25, 0.3) is 0 Å². The molecule has 0 unspecified atom stereocenters. The Labute approximate surface area is 796 Å². The maximum atomic E-state index is 6.53. The van der Waals surface area contributed by atoms with Crippen molar-refractivity contribution >= 4 is 139 Å². The summed E-state index contributed by atoms with van der Waals surface area (Å²) in [4.78, 5) is 7.09. The molecule has 137 heavy (non-hydrogen) atoms. The summed E-state index contributed by atoms with van der Waals surface area (Å²) in [6.07, 6.45) is 0. The molecule has 3 heterocycles. The molecule has 0 radical (unpaired) electrons. The number of para-hydroxylation sites is 4. The Morgan fingerprint density at radius 1 is 0.153 bits per heavy atom. The second-order valence-electron chi connectivity index (χ2n) is 35.8. The van der Waals surface area contributed by atoms with Gasteiger partial charge in [0.05, 0.1) is 0 Å². The number of fused-ring (bicyclic) bond motifs is 14. The van der Waals surface area contributed by atoms with Gasteiger partial charge in [-0.3, -0.25) is 0 Å². The van der Waals surface area contributed by atoms with Gasteiger partial charge in [-0.1, -0.05) is 396 Å². The largest absolute Gasteiger partial charge is 0.455 e. The van der Waals surface area contributed by atoms with Crippen LogP contribution in [0.1, 0.15) is 25.0 Å². The number of benzene rings is 22. The van der Waals surface area contributed by atoms with Crippen LogP contribution in [0.2, 0.25) is 0 Å². The number of anilines is 9. The first-order valence-corrected chi connectivity index (χ1v) is 46.9. The number of hydrogen-bond acceptors (Lipinski definition) is 6. The van der Waals surface area contributed by atoms with Crippen molar-refractivity contribution in [1.29, 1.82) is 0 Å². The van der Waals surface area contributed by atoms with Gasteiger partial charge >= 0.3 is 0 Å². The summed E-state index contributed by atoms with van der Waals surface area (Å²) in [7, 11) is 0. The van der Waals surface area contributed by atoms with Crippen LogP contribution >= 0.6 is 0 Å². The van der Waals surface area contributed by atoms with Crippen molar-refractivity contribution in [3.05, 3.63) is 527 Å². The van der Waals surface area contributed by atoms with E-state index in [9.17, 15) is 0 Å². The van der Waals surface area contributed by atoms with Crippen LogP contribution in [0.15, 0.2) is 529 Å². The van der Waals surface area contributed by atoms with E-state index in [1.54, 1.807) is 0 Å². The molecule has 0 saturated carbocycles. The third kappa shape index (κ3) is 15.6. The molecule has 6 nitrogen and oxygen atoms in total. The first-order valence-electron chi connectivity index (χ1n) is 46.9. The first-order chi connectivity index (χ1) is 67.7. The van der Waals surface area contributed by atoms with E-state index in [2.05, 4.69) is 526 Å². The Hall–Kier alpha value is -17.8. The predicted octanol–water partition coefficient (Wildman–Crippen LogP) is 37.4. The lowest BCUT2D eigenvalue weighted by molar-refractivity contribution is 0.660. The highest BCUT2D eigenvalue weighted by Gasteiger charge is 2.36. The van der Waals surface area contributed by atoms with Gasteiger partial charge in [-0.15, -0.1) is 0 Å². The van der Waals surface area contributed by atoms with Crippen molar-refractivity contribution in [3.63, 3.8) is 0 Å². The number of furan rings is 3. The van der Waals surface area contributed by atoms with Gasteiger partial charge in [0.1, 0.15) is 33.5 Å². The molecular weight excluding hydrogens is 1660 g/mol. The molecule has 0 amide bonds. The molecule has 0 fully saturated rings. The molecule has 6 heteroatoms. The molecule has 0 N–H and O–H groups in total. The van der Waals surface area contributed by atoms with E-state index in [4.69, 9.17) is 13.3 Å². The quantitative estimate of drug-likeness (QED) is 0.0961. The first kappa shape index (κ1) is 82.3. The Morgan fingerprint density at radius 3 is 0.891 bits per heavy atom. The van der Waals surface area contributed by atoms with Gasteiger partial charge in [-0.05, 0) is 238 Å². The van der Waals surface area contributed by atoms with E-state index in [0.29, 0.717) is 0 Å². The lowest BCUT2D eigenvalue weighted by Crippen LogP contribution is -2.16. The second kappa shape index (κ2) is 35.4. The van der Waals surface area contributed by atoms with Gasteiger partial charge in [0, 0.05) is 106 Å². The molecule has 25 aromatic rings. The normalized spacial score (nSPS) is 11.9. The highest BCUT2D eigenvalue weighted by Crippen LogP contribution is 2.54. The third-order valence-electron chi connectivity index (χ3n) is 27.2. The van der Waals surface area contributed by atoms with E-state index in [1.807, 2.05) is 18.2 Å². The lowest BCUT2D eigenvalue weighted by Gasteiger charge is -2.28. The fourth-order valence-corrected chi connectivity index (χ4v) is 20.4.